The van der Waals surface area contributed by atoms with E-state index in [2.05, 4.69) is 23.7 Å². The number of ether oxygens (including phenoxy) is 1. The molecule has 1 aromatic heterocycles. The number of quaternary nitrogens is 1. The van der Waals surface area contributed by atoms with Crippen LogP contribution in [0.5, 0.6) is 5.75 Å². The van der Waals surface area contributed by atoms with E-state index in [1.54, 1.807) is 18.4 Å². The maximum Gasteiger partial charge on any atom is 0.279 e. The van der Waals surface area contributed by atoms with Crippen molar-refractivity contribution in [1.82, 2.24) is 0 Å². The minimum Gasteiger partial charge on any atom is -0.497 e. The highest BCUT2D eigenvalue weighted by Gasteiger charge is 2.13. The number of thiophene rings is 1. The number of anilines is 1. The zero-order chi connectivity index (χ0) is 15.2. The highest BCUT2D eigenvalue weighted by molar-refractivity contribution is 7.10. The molecule has 4 nitrogen and oxygen atoms in total. The van der Waals surface area contributed by atoms with Crippen LogP contribution in [-0.4, -0.2) is 26.6 Å². The monoisotopic (exact) mass is 305 g/mol. The summed E-state index contributed by atoms with van der Waals surface area (Å²) in [4.78, 5) is 14.6. The van der Waals surface area contributed by atoms with E-state index in [1.807, 2.05) is 31.3 Å². The Morgan fingerprint density at radius 1 is 1.38 bits per heavy atom. The number of benzene rings is 1. The lowest BCUT2D eigenvalue weighted by Crippen LogP contribution is -3.08. The highest BCUT2D eigenvalue weighted by atomic mass is 32.1. The number of aryl methyl sites for hydroxylation is 1. The van der Waals surface area contributed by atoms with Crippen LogP contribution < -0.4 is 15.0 Å². The van der Waals surface area contributed by atoms with Crippen molar-refractivity contribution in [3.05, 3.63) is 46.2 Å². The molecule has 2 rings (SSSR count). The standard InChI is InChI=1S/C16H20N2O2S/c1-12-7-8-21-15(12)10-18(2)11-16(19)17-13-5-4-6-14(9-13)20-3/h4-9H,10-11H2,1-3H3,(H,17,19)/p+1. The molecule has 1 aromatic carbocycles. The summed E-state index contributed by atoms with van der Waals surface area (Å²) < 4.78 is 5.15. The molecule has 1 amide bonds. The molecule has 0 spiro atoms. The summed E-state index contributed by atoms with van der Waals surface area (Å²) in [6.45, 7) is 3.42. The number of nitrogens with one attached hydrogen (secondary N) is 2. The molecular formula is C16H21N2O2S+. The smallest absolute Gasteiger partial charge is 0.279 e. The fourth-order valence-electron chi connectivity index (χ4n) is 2.10. The number of amides is 1. The number of carbonyl (C=O) groups is 1. The van der Waals surface area contributed by atoms with Gasteiger partial charge in [-0.15, -0.1) is 11.3 Å². The van der Waals surface area contributed by atoms with Gasteiger partial charge in [-0.05, 0) is 36.1 Å². The van der Waals surface area contributed by atoms with Crippen molar-refractivity contribution in [1.29, 1.82) is 0 Å². The molecule has 2 N–H and O–H groups in total. The highest BCUT2D eigenvalue weighted by Crippen LogP contribution is 2.16. The van der Waals surface area contributed by atoms with Gasteiger partial charge in [0.2, 0.25) is 0 Å². The maximum atomic E-state index is 12.1. The third-order valence-electron chi connectivity index (χ3n) is 3.25. The van der Waals surface area contributed by atoms with Crippen molar-refractivity contribution in [3.63, 3.8) is 0 Å². The summed E-state index contributed by atoms with van der Waals surface area (Å²) in [5, 5.41) is 5.00. The molecule has 0 bridgehead atoms. The lowest BCUT2D eigenvalue weighted by atomic mass is 10.3. The zero-order valence-electron chi connectivity index (χ0n) is 12.6. The second-order valence-corrected chi connectivity index (χ2v) is 6.12. The molecule has 0 saturated carbocycles. The molecule has 0 fully saturated rings. The molecule has 0 aliphatic rings. The van der Waals surface area contributed by atoms with Gasteiger partial charge in [-0.2, -0.15) is 0 Å². The minimum atomic E-state index is 0.00922. The van der Waals surface area contributed by atoms with Crippen molar-refractivity contribution in [2.75, 3.05) is 26.0 Å². The third-order valence-corrected chi connectivity index (χ3v) is 4.27. The molecule has 0 saturated heterocycles. The average molecular weight is 305 g/mol. The van der Waals surface area contributed by atoms with Crippen LogP contribution in [0.3, 0.4) is 0 Å². The number of rotatable bonds is 6. The Morgan fingerprint density at radius 3 is 2.86 bits per heavy atom. The Morgan fingerprint density at radius 2 is 2.19 bits per heavy atom. The van der Waals surface area contributed by atoms with Crippen LogP contribution >= 0.6 is 11.3 Å². The van der Waals surface area contributed by atoms with Gasteiger partial charge in [0.05, 0.1) is 19.0 Å². The van der Waals surface area contributed by atoms with Crippen LogP contribution in [-0.2, 0) is 11.3 Å². The summed E-state index contributed by atoms with van der Waals surface area (Å²) in [6, 6.07) is 9.51. The lowest BCUT2D eigenvalue weighted by molar-refractivity contribution is -0.884. The third kappa shape index (κ3) is 4.58. The number of hydrogen-bond acceptors (Lipinski definition) is 3. The van der Waals surface area contributed by atoms with Crippen LogP contribution in [0, 0.1) is 6.92 Å². The molecule has 1 atom stereocenters. The first-order chi connectivity index (χ1) is 10.1. The molecule has 5 heteroatoms. The largest absolute Gasteiger partial charge is 0.497 e. The maximum absolute atomic E-state index is 12.1. The quantitative estimate of drug-likeness (QED) is 0.853. The van der Waals surface area contributed by atoms with Crippen molar-refractivity contribution in [2.45, 2.75) is 13.5 Å². The second kappa shape index (κ2) is 7.24. The first kappa shape index (κ1) is 15.5. The van der Waals surface area contributed by atoms with E-state index in [0.29, 0.717) is 6.54 Å². The van der Waals surface area contributed by atoms with E-state index in [4.69, 9.17) is 4.74 Å². The molecule has 0 aliphatic heterocycles. The van der Waals surface area contributed by atoms with Gasteiger partial charge in [0.15, 0.2) is 6.54 Å². The molecule has 0 radical (unpaired) electrons. The van der Waals surface area contributed by atoms with Crippen molar-refractivity contribution in [2.24, 2.45) is 0 Å². The first-order valence-electron chi connectivity index (χ1n) is 6.86. The summed E-state index contributed by atoms with van der Waals surface area (Å²) >= 11 is 1.74. The fraction of sp³-hybridized carbons (Fsp3) is 0.312. The molecule has 1 heterocycles. The predicted molar refractivity (Wildman–Crippen MR) is 86.1 cm³/mol. The molecule has 1 unspecified atom stereocenters. The Bertz CT molecular complexity index is 610. The van der Waals surface area contributed by atoms with Crippen LogP contribution in [0.2, 0.25) is 0 Å². The van der Waals surface area contributed by atoms with E-state index in [0.717, 1.165) is 18.0 Å². The van der Waals surface area contributed by atoms with Gasteiger partial charge in [-0.1, -0.05) is 6.07 Å². The molecule has 2 aromatic rings. The van der Waals surface area contributed by atoms with E-state index >= 15 is 0 Å². The van der Waals surface area contributed by atoms with E-state index in [1.165, 1.54) is 15.3 Å². The topological polar surface area (TPSA) is 42.8 Å². The summed E-state index contributed by atoms with van der Waals surface area (Å²) in [5.41, 5.74) is 2.06. The van der Waals surface area contributed by atoms with Gasteiger partial charge < -0.3 is 15.0 Å². The fourth-order valence-corrected chi connectivity index (χ4v) is 3.12. The van der Waals surface area contributed by atoms with Gasteiger partial charge in [-0.3, -0.25) is 4.79 Å². The SMILES string of the molecule is COc1cccc(NC(=O)C[NH+](C)Cc2sccc2C)c1. The number of likely N-dealkylation sites (N-methyl/N-ethyl adjacent to an activating group) is 1. The van der Waals surface area contributed by atoms with E-state index in [-0.39, 0.29) is 5.91 Å². The minimum absolute atomic E-state index is 0.00922. The molecule has 21 heavy (non-hydrogen) atoms. The van der Waals surface area contributed by atoms with Gasteiger partial charge in [0, 0.05) is 11.8 Å². The zero-order valence-corrected chi connectivity index (χ0v) is 13.4. The van der Waals surface area contributed by atoms with Crippen molar-refractivity contribution >= 4 is 22.9 Å². The van der Waals surface area contributed by atoms with Gasteiger partial charge >= 0.3 is 0 Å². The van der Waals surface area contributed by atoms with Gasteiger partial charge in [0.1, 0.15) is 12.3 Å². The van der Waals surface area contributed by atoms with E-state index < -0.39 is 0 Å². The molecule has 112 valence electrons. The summed E-state index contributed by atoms with van der Waals surface area (Å²) in [7, 11) is 3.65. The molecular weight excluding hydrogens is 284 g/mol. The first-order valence-corrected chi connectivity index (χ1v) is 7.74. The Balaban J connectivity index is 1.87. The van der Waals surface area contributed by atoms with E-state index in [9.17, 15) is 4.79 Å². The number of carbonyl (C=O) groups excluding carboxylic acids is 1. The van der Waals surface area contributed by atoms with Crippen LogP contribution in [0.15, 0.2) is 35.7 Å². The molecule has 0 aliphatic carbocycles. The van der Waals surface area contributed by atoms with Gasteiger partial charge in [-0.25, -0.2) is 0 Å². The second-order valence-electron chi connectivity index (χ2n) is 5.12. The predicted octanol–water partition coefficient (Wildman–Crippen LogP) is 1.72. The van der Waals surface area contributed by atoms with Crippen molar-refractivity contribution < 1.29 is 14.4 Å². The Labute approximate surface area is 129 Å². The Hall–Kier alpha value is -1.85. The summed E-state index contributed by atoms with van der Waals surface area (Å²) in [5.74, 6) is 0.748. The van der Waals surface area contributed by atoms with Crippen LogP contribution in [0.4, 0.5) is 5.69 Å². The van der Waals surface area contributed by atoms with Crippen LogP contribution in [0.1, 0.15) is 10.4 Å². The van der Waals surface area contributed by atoms with Crippen molar-refractivity contribution in [3.8, 4) is 5.75 Å². The normalized spacial score (nSPS) is 12.0. The average Bonchev–Trinajstić information content (AvgIpc) is 2.84. The van der Waals surface area contributed by atoms with Crippen LogP contribution in [0.25, 0.3) is 0 Å². The number of hydrogen-bond donors (Lipinski definition) is 2. The Kier molecular flexibility index (Phi) is 5.36. The number of methoxy groups -OCH3 is 1. The summed E-state index contributed by atoms with van der Waals surface area (Å²) in [6.07, 6.45) is 0. The lowest BCUT2D eigenvalue weighted by Gasteiger charge is -2.13. The van der Waals surface area contributed by atoms with Gasteiger partial charge in [0.25, 0.3) is 5.91 Å².